The van der Waals surface area contributed by atoms with Crippen molar-refractivity contribution in [2.45, 2.75) is 11.9 Å². The monoisotopic (exact) mass is 273 g/mol. The van der Waals surface area contributed by atoms with Crippen LogP contribution < -0.4 is 4.72 Å². The number of aromatic nitrogens is 4. The second-order valence-electron chi connectivity index (χ2n) is 3.17. The van der Waals surface area contributed by atoms with E-state index in [2.05, 4.69) is 24.7 Å². The Balaban J connectivity index is 2.29. The Kier molecular flexibility index (Phi) is 2.99. The smallest absolute Gasteiger partial charge is 0.280 e. The maximum atomic E-state index is 11.8. The van der Waals surface area contributed by atoms with Gasteiger partial charge in [0, 0.05) is 0 Å². The minimum atomic E-state index is -3.74. The van der Waals surface area contributed by atoms with E-state index in [0.29, 0.717) is 5.82 Å². The topological polar surface area (TPSA) is 101 Å². The number of aromatic amines is 1. The van der Waals surface area contributed by atoms with E-state index in [1.165, 1.54) is 18.6 Å². The van der Waals surface area contributed by atoms with Crippen molar-refractivity contribution >= 4 is 27.4 Å². The van der Waals surface area contributed by atoms with Gasteiger partial charge in [-0.3, -0.25) is 9.71 Å². The van der Waals surface area contributed by atoms with Gasteiger partial charge in [0.1, 0.15) is 11.0 Å². The number of imidazole rings is 1. The lowest BCUT2D eigenvalue weighted by atomic mass is 10.7. The van der Waals surface area contributed by atoms with Crippen molar-refractivity contribution < 1.29 is 8.42 Å². The molecule has 0 bridgehead atoms. The minimum Gasteiger partial charge on any atom is -0.332 e. The van der Waals surface area contributed by atoms with Gasteiger partial charge < -0.3 is 4.98 Å². The molecular weight excluding hydrogens is 266 g/mol. The van der Waals surface area contributed by atoms with Crippen LogP contribution in [0.4, 0.5) is 5.82 Å². The molecule has 17 heavy (non-hydrogen) atoms. The Labute approximate surface area is 102 Å². The van der Waals surface area contributed by atoms with Crippen LogP contribution in [0.5, 0.6) is 0 Å². The molecule has 2 aromatic rings. The van der Waals surface area contributed by atoms with Gasteiger partial charge in [0.2, 0.25) is 0 Å². The average Bonchev–Trinajstić information content (AvgIpc) is 2.65. The standard InChI is InChI=1S/C8H8ClN5O2S/c1-5-11-4-8(12-5)17(15,16)14-7-3-10-2-6(9)13-7/h2-4H,1H3,(H,11,12)(H,13,14). The quantitative estimate of drug-likeness (QED) is 0.867. The van der Waals surface area contributed by atoms with Crippen molar-refractivity contribution in [2.24, 2.45) is 0 Å². The van der Waals surface area contributed by atoms with Gasteiger partial charge in [-0.15, -0.1) is 0 Å². The number of hydrogen-bond acceptors (Lipinski definition) is 5. The van der Waals surface area contributed by atoms with Crippen molar-refractivity contribution in [3.63, 3.8) is 0 Å². The highest BCUT2D eigenvalue weighted by atomic mass is 35.5. The zero-order chi connectivity index (χ0) is 12.5. The molecule has 0 unspecified atom stereocenters. The van der Waals surface area contributed by atoms with Gasteiger partial charge in [0.05, 0.1) is 18.6 Å². The minimum absolute atomic E-state index is 0.0447. The molecule has 0 spiro atoms. The molecular formula is C8H8ClN5O2S. The van der Waals surface area contributed by atoms with Gasteiger partial charge in [-0.1, -0.05) is 11.6 Å². The lowest BCUT2D eigenvalue weighted by Crippen LogP contribution is -2.14. The first-order chi connectivity index (χ1) is 7.97. The third-order valence-corrected chi connectivity index (χ3v) is 3.26. The summed E-state index contributed by atoms with van der Waals surface area (Å²) in [7, 11) is -3.74. The number of hydrogen-bond donors (Lipinski definition) is 2. The third kappa shape index (κ3) is 2.71. The first kappa shape index (κ1) is 11.8. The van der Waals surface area contributed by atoms with Gasteiger partial charge in [0.25, 0.3) is 10.0 Å². The van der Waals surface area contributed by atoms with E-state index < -0.39 is 10.0 Å². The molecule has 0 saturated heterocycles. The fourth-order valence-corrected chi connectivity index (χ4v) is 2.22. The molecule has 2 aromatic heterocycles. The Morgan fingerprint density at radius 1 is 1.35 bits per heavy atom. The summed E-state index contributed by atoms with van der Waals surface area (Å²) in [6, 6.07) is 0. The second kappa shape index (κ2) is 4.30. The highest BCUT2D eigenvalue weighted by Crippen LogP contribution is 2.13. The molecule has 0 aromatic carbocycles. The molecule has 0 radical (unpaired) electrons. The van der Waals surface area contributed by atoms with Crippen LogP contribution in [-0.2, 0) is 10.0 Å². The van der Waals surface area contributed by atoms with Gasteiger partial charge in [0.15, 0.2) is 10.8 Å². The van der Waals surface area contributed by atoms with E-state index in [4.69, 9.17) is 11.6 Å². The summed E-state index contributed by atoms with van der Waals surface area (Å²) in [4.78, 5) is 13.9. The van der Waals surface area contributed by atoms with Crippen LogP contribution in [0.25, 0.3) is 0 Å². The zero-order valence-corrected chi connectivity index (χ0v) is 10.2. The van der Waals surface area contributed by atoms with E-state index in [9.17, 15) is 8.42 Å². The van der Waals surface area contributed by atoms with E-state index in [0.717, 1.165) is 0 Å². The van der Waals surface area contributed by atoms with Crippen molar-refractivity contribution in [1.82, 2.24) is 19.9 Å². The van der Waals surface area contributed by atoms with E-state index in [1.54, 1.807) is 6.92 Å². The molecule has 90 valence electrons. The summed E-state index contributed by atoms with van der Waals surface area (Å²) in [5.74, 6) is 0.548. The summed E-state index contributed by atoms with van der Waals surface area (Å²) in [5.41, 5.74) is 0. The Bertz CT molecular complexity index is 639. The van der Waals surface area contributed by atoms with Crippen LogP contribution in [0.1, 0.15) is 5.82 Å². The third-order valence-electron chi connectivity index (χ3n) is 1.81. The predicted octanol–water partition coefficient (Wildman–Crippen LogP) is 0.962. The van der Waals surface area contributed by atoms with Crippen molar-refractivity contribution in [2.75, 3.05) is 4.72 Å². The summed E-state index contributed by atoms with van der Waals surface area (Å²) in [5, 5.41) is 0.0581. The number of halogens is 1. The zero-order valence-electron chi connectivity index (χ0n) is 8.68. The fraction of sp³-hybridized carbons (Fsp3) is 0.125. The molecule has 9 heteroatoms. The Morgan fingerprint density at radius 3 is 2.71 bits per heavy atom. The van der Waals surface area contributed by atoms with Crippen LogP contribution in [0, 0.1) is 6.92 Å². The predicted molar refractivity (Wildman–Crippen MR) is 61.2 cm³/mol. The molecule has 2 heterocycles. The Morgan fingerprint density at radius 2 is 2.12 bits per heavy atom. The number of nitrogens with one attached hydrogen (secondary N) is 2. The van der Waals surface area contributed by atoms with Crippen LogP contribution in [0.2, 0.25) is 5.15 Å². The van der Waals surface area contributed by atoms with E-state index in [1.807, 2.05) is 0 Å². The molecule has 2 rings (SSSR count). The van der Waals surface area contributed by atoms with Crippen molar-refractivity contribution in [3.8, 4) is 0 Å². The number of aryl methyl sites for hydroxylation is 1. The molecule has 0 saturated carbocycles. The first-order valence-electron chi connectivity index (χ1n) is 4.49. The summed E-state index contributed by atoms with van der Waals surface area (Å²) in [6.45, 7) is 1.65. The van der Waals surface area contributed by atoms with E-state index >= 15 is 0 Å². The van der Waals surface area contributed by atoms with Crippen LogP contribution in [0.3, 0.4) is 0 Å². The normalized spacial score (nSPS) is 11.4. The SMILES string of the molecule is Cc1ncc(S(=O)(=O)Nc2cncc(Cl)n2)[nH]1. The molecule has 0 aliphatic heterocycles. The molecule has 0 atom stereocenters. The lowest BCUT2D eigenvalue weighted by Gasteiger charge is -2.04. The lowest BCUT2D eigenvalue weighted by molar-refractivity contribution is 0.598. The number of nitrogens with zero attached hydrogens (tertiary/aromatic N) is 3. The summed E-state index contributed by atoms with van der Waals surface area (Å²) < 4.78 is 25.9. The molecule has 7 nitrogen and oxygen atoms in total. The fourth-order valence-electron chi connectivity index (χ4n) is 1.12. The average molecular weight is 274 g/mol. The molecule has 0 fully saturated rings. The van der Waals surface area contributed by atoms with Crippen molar-refractivity contribution in [3.05, 3.63) is 29.6 Å². The molecule has 0 aliphatic carbocycles. The number of rotatable bonds is 3. The Hall–Kier alpha value is -1.67. The van der Waals surface area contributed by atoms with Gasteiger partial charge in [-0.2, -0.15) is 8.42 Å². The number of sulfonamides is 1. The van der Waals surface area contributed by atoms with Crippen molar-refractivity contribution in [1.29, 1.82) is 0 Å². The largest absolute Gasteiger partial charge is 0.332 e. The summed E-state index contributed by atoms with van der Waals surface area (Å²) in [6.07, 6.45) is 3.78. The number of anilines is 1. The molecule has 0 amide bonds. The van der Waals surface area contributed by atoms with E-state index in [-0.39, 0.29) is 16.0 Å². The van der Waals surface area contributed by atoms with Crippen LogP contribution in [0.15, 0.2) is 23.6 Å². The highest BCUT2D eigenvalue weighted by Gasteiger charge is 2.17. The van der Waals surface area contributed by atoms with Crippen LogP contribution >= 0.6 is 11.6 Å². The maximum absolute atomic E-state index is 11.8. The van der Waals surface area contributed by atoms with Gasteiger partial charge >= 0.3 is 0 Å². The van der Waals surface area contributed by atoms with Gasteiger partial charge in [-0.05, 0) is 6.92 Å². The molecule has 2 N–H and O–H groups in total. The first-order valence-corrected chi connectivity index (χ1v) is 6.35. The number of H-pyrrole nitrogens is 1. The van der Waals surface area contributed by atoms with Crippen LogP contribution in [-0.4, -0.2) is 28.4 Å². The molecule has 0 aliphatic rings. The maximum Gasteiger partial charge on any atom is 0.280 e. The summed E-state index contributed by atoms with van der Waals surface area (Å²) >= 11 is 5.60. The highest BCUT2D eigenvalue weighted by molar-refractivity contribution is 7.92. The second-order valence-corrected chi connectivity index (χ2v) is 5.20. The van der Waals surface area contributed by atoms with Gasteiger partial charge in [-0.25, -0.2) is 9.97 Å².